The topological polar surface area (TPSA) is 49.8 Å². The molecule has 1 unspecified atom stereocenters. The van der Waals surface area contributed by atoms with Crippen LogP contribution in [0, 0.1) is 5.92 Å². The summed E-state index contributed by atoms with van der Waals surface area (Å²) in [5.74, 6) is 0.518. The van der Waals surface area contributed by atoms with Crippen LogP contribution in [-0.4, -0.2) is 35.3 Å². The molecule has 1 atom stereocenters. The number of ether oxygens (including phenoxy) is 1. The van der Waals surface area contributed by atoms with Crippen LogP contribution in [-0.2, 0) is 11.3 Å². The van der Waals surface area contributed by atoms with E-state index in [1.165, 1.54) is 19.3 Å². The lowest BCUT2D eigenvalue weighted by molar-refractivity contribution is 0.0566. The number of amides is 1. The molecule has 1 amide bonds. The van der Waals surface area contributed by atoms with Gasteiger partial charge in [0.1, 0.15) is 6.61 Å². The zero-order valence-corrected chi connectivity index (χ0v) is 13.4. The zero-order valence-electron chi connectivity index (χ0n) is 13.4. The van der Waals surface area contributed by atoms with Crippen molar-refractivity contribution in [3.8, 4) is 0 Å². The van der Waals surface area contributed by atoms with Gasteiger partial charge in [0.05, 0.1) is 6.61 Å². The molecule has 0 radical (unpaired) electrons. The minimum Gasteiger partial charge on any atom is -0.445 e. The molecular weight excluding hydrogens is 278 g/mol. The van der Waals surface area contributed by atoms with Crippen LogP contribution in [0.2, 0.25) is 0 Å². The van der Waals surface area contributed by atoms with Gasteiger partial charge in [-0.15, -0.1) is 0 Å². The van der Waals surface area contributed by atoms with Gasteiger partial charge in [0, 0.05) is 12.6 Å². The molecule has 1 aliphatic rings. The second kappa shape index (κ2) is 8.79. The monoisotopic (exact) mass is 305 g/mol. The molecule has 0 aromatic heterocycles. The maximum Gasteiger partial charge on any atom is 0.410 e. The van der Waals surface area contributed by atoms with Gasteiger partial charge in [0.2, 0.25) is 0 Å². The number of carbonyl (C=O) groups is 1. The molecule has 0 bridgehead atoms. The number of aliphatic hydroxyl groups excluding tert-OH is 1. The van der Waals surface area contributed by atoms with Crippen molar-refractivity contribution in [1.82, 2.24) is 4.90 Å². The molecule has 0 aliphatic heterocycles. The Morgan fingerprint density at radius 2 is 1.95 bits per heavy atom. The van der Waals surface area contributed by atoms with E-state index < -0.39 is 0 Å². The van der Waals surface area contributed by atoms with E-state index in [2.05, 4.69) is 6.92 Å². The van der Waals surface area contributed by atoms with Crippen LogP contribution in [0.4, 0.5) is 4.79 Å². The van der Waals surface area contributed by atoms with Crippen molar-refractivity contribution in [3.05, 3.63) is 35.9 Å². The van der Waals surface area contributed by atoms with Gasteiger partial charge in [-0.3, -0.25) is 0 Å². The SMILES string of the molecule is CC(C1CCCCC1)N(CCO)C(=O)OCc1ccccc1. The molecule has 4 nitrogen and oxygen atoms in total. The minimum absolute atomic E-state index is 0.0303. The van der Waals surface area contributed by atoms with E-state index in [0.717, 1.165) is 18.4 Å². The summed E-state index contributed by atoms with van der Waals surface area (Å²) in [6, 6.07) is 9.80. The van der Waals surface area contributed by atoms with Crippen LogP contribution in [0.5, 0.6) is 0 Å². The molecule has 0 saturated heterocycles. The molecular formula is C18H27NO3. The van der Waals surface area contributed by atoms with Gasteiger partial charge in [-0.25, -0.2) is 4.79 Å². The molecule has 0 spiro atoms. The first kappa shape index (κ1) is 16.8. The predicted octanol–water partition coefficient (Wildman–Crippen LogP) is 3.59. The Bertz CT molecular complexity index is 443. The van der Waals surface area contributed by atoms with E-state index in [-0.39, 0.29) is 25.3 Å². The van der Waals surface area contributed by atoms with Crippen molar-refractivity contribution in [2.45, 2.75) is 51.7 Å². The van der Waals surface area contributed by atoms with E-state index in [9.17, 15) is 9.90 Å². The number of benzene rings is 1. The lowest BCUT2D eigenvalue weighted by Crippen LogP contribution is -2.45. The first-order valence-corrected chi connectivity index (χ1v) is 8.30. The fourth-order valence-corrected chi connectivity index (χ4v) is 3.24. The fourth-order valence-electron chi connectivity index (χ4n) is 3.24. The second-order valence-corrected chi connectivity index (χ2v) is 6.10. The molecule has 1 N–H and O–H groups in total. The highest BCUT2D eigenvalue weighted by Crippen LogP contribution is 2.29. The first-order valence-electron chi connectivity index (χ1n) is 8.30. The van der Waals surface area contributed by atoms with Gasteiger partial charge in [0.15, 0.2) is 0 Å². The van der Waals surface area contributed by atoms with E-state index >= 15 is 0 Å². The van der Waals surface area contributed by atoms with Crippen molar-refractivity contribution in [2.24, 2.45) is 5.92 Å². The highest BCUT2D eigenvalue weighted by Gasteiger charge is 2.28. The molecule has 22 heavy (non-hydrogen) atoms. The van der Waals surface area contributed by atoms with Crippen LogP contribution in [0.3, 0.4) is 0 Å². The van der Waals surface area contributed by atoms with Gasteiger partial charge in [-0.05, 0) is 31.2 Å². The molecule has 4 heteroatoms. The average Bonchev–Trinajstić information content (AvgIpc) is 2.58. The quantitative estimate of drug-likeness (QED) is 0.874. The number of nitrogens with zero attached hydrogens (tertiary/aromatic N) is 1. The Kier molecular flexibility index (Phi) is 6.72. The largest absolute Gasteiger partial charge is 0.445 e. The molecule has 0 heterocycles. The van der Waals surface area contributed by atoms with Gasteiger partial charge in [-0.1, -0.05) is 49.6 Å². The molecule has 1 saturated carbocycles. The second-order valence-electron chi connectivity index (χ2n) is 6.10. The number of hydrogen-bond donors (Lipinski definition) is 1. The molecule has 1 aromatic rings. The minimum atomic E-state index is -0.323. The molecule has 2 rings (SSSR count). The standard InChI is InChI=1S/C18H27NO3/c1-15(17-10-6-3-7-11-17)19(12-13-20)18(21)22-14-16-8-4-2-5-9-16/h2,4-5,8-9,15,17,20H,3,6-7,10-14H2,1H3. The highest BCUT2D eigenvalue weighted by molar-refractivity contribution is 5.68. The summed E-state index contributed by atoms with van der Waals surface area (Å²) in [6.07, 6.45) is 5.77. The summed E-state index contributed by atoms with van der Waals surface area (Å²) in [5, 5.41) is 9.27. The van der Waals surface area contributed by atoms with E-state index in [1.54, 1.807) is 4.90 Å². The molecule has 1 fully saturated rings. The van der Waals surface area contributed by atoms with Gasteiger partial charge >= 0.3 is 6.09 Å². The van der Waals surface area contributed by atoms with Crippen molar-refractivity contribution >= 4 is 6.09 Å². The summed E-state index contributed by atoms with van der Waals surface area (Å²) >= 11 is 0. The smallest absolute Gasteiger partial charge is 0.410 e. The summed E-state index contributed by atoms with van der Waals surface area (Å²) in [6.45, 7) is 2.66. The van der Waals surface area contributed by atoms with E-state index in [0.29, 0.717) is 12.5 Å². The van der Waals surface area contributed by atoms with Crippen molar-refractivity contribution in [3.63, 3.8) is 0 Å². The van der Waals surface area contributed by atoms with Gasteiger partial charge in [0.25, 0.3) is 0 Å². The molecule has 122 valence electrons. The summed E-state index contributed by atoms with van der Waals surface area (Å²) in [5.41, 5.74) is 0.977. The predicted molar refractivity (Wildman–Crippen MR) is 86.5 cm³/mol. The lowest BCUT2D eigenvalue weighted by atomic mass is 9.84. The number of aliphatic hydroxyl groups is 1. The Balaban J connectivity index is 1.92. The Hall–Kier alpha value is -1.55. The number of carbonyl (C=O) groups excluding carboxylic acids is 1. The van der Waals surface area contributed by atoms with Gasteiger partial charge < -0.3 is 14.7 Å². The van der Waals surface area contributed by atoms with Crippen molar-refractivity contribution < 1.29 is 14.6 Å². The van der Waals surface area contributed by atoms with Crippen LogP contribution in [0.15, 0.2) is 30.3 Å². The normalized spacial score (nSPS) is 17.0. The van der Waals surface area contributed by atoms with Crippen LogP contribution in [0.25, 0.3) is 0 Å². The molecule has 1 aromatic carbocycles. The summed E-state index contributed by atoms with van der Waals surface area (Å²) in [7, 11) is 0. The Morgan fingerprint density at radius 3 is 2.59 bits per heavy atom. The average molecular weight is 305 g/mol. The number of hydrogen-bond acceptors (Lipinski definition) is 3. The third kappa shape index (κ3) is 4.73. The summed E-state index contributed by atoms with van der Waals surface area (Å²) < 4.78 is 5.43. The summed E-state index contributed by atoms with van der Waals surface area (Å²) in [4.78, 5) is 14.1. The maximum atomic E-state index is 12.4. The third-order valence-corrected chi connectivity index (χ3v) is 4.60. The van der Waals surface area contributed by atoms with E-state index in [1.807, 2.05) is 30.3 Å². The van der Waals surface area contributed by atoms with E-state index in [4.69, 9.17) is 4.74 Å². The van der Waals surface area contributed by atoms with Crippen LogP contribution in [0.1, 0.15) is 44.6 Å². The third-order valence-electron chi connectivity index (χ3n) is 4.60. The van der Waals surface area contributed by atoms with Crippen molar-refractivity contribution in [1.29, 1.82) is 0 Å². The van der Waals surface area contributed by atoms with Crippen LogP contribution >= 0.6 is 0 Å². The maximum absolute atomic E-state index is 12.4. The Labute approximate surface area is 133 Å². The van der Waals surface area contributed by atoms with Crippen molar-refractivity contribution in [2.75, 3.05) is 13.2 Å². The van der Waals surface area contributed by atoms with Crippen LogP contribution < -0.4 is 0 Å². The number of rotatable bonds is 6. The fraction of sp³-hybridized carbons (Fsp3) is 0.611. The first-order chi connectivity index (χ1) is 10.7. The Morgan fingerprint density at radius 1 is 1.27 bits per heavy atom. The van der Waals surface area contributed by atoms with Gasteiger partial charge in [-0.2, -0.15) is 0 Å². The highest BCUT2D eigenvalue weighted by atomic mass is 16.6. The lowest BCUT2D eigenvalue weighted by Gasteiger charge is -2.35. The zero-order chi connectivity index (χ0) is 15.8. The molecule has 1 aliphatic carbocycles.